The summed E-state index contributed by atoms with van der Waals surface area (Å²) in [5.41, 5.74) is 5.39. The first-order valence-electron chi connectivity index (χ1n) is 8.31. The molecule has 11 heteroatoms. The summed E-state index contributed by atoms with van der Waals surface area (Å²) in [6.07, 6.45) is 0. The highest BCUT2D eigenvalue weighted by Gasteiger charge is 2.17. The molecular weight excluding hydrogens is 399 g/mol. The first-order valence-corrected chi connectivity index (χ1v) is 9.29. The smallest absolute Gasteiger partial charge is 0.269 e. The van der Waals surface area contributed by atoms with Crippen molar-refractivity contribution in [2.24, 2.45) is 0 Å². The number of aromatic nitrogens is 3. The third-order valence-corrected chi connectivity index (χ3v) is 4.71. The molecule has 0 aliphatic heterocycles. The molecule has 0 atom stereocenters. The van der Waals surface area contributed by atoms with Crippen LogP contribution >= 0.6 is 11.8 Å². The van der Waals surface area contributed by atoms with Gasteiger partial charge in [0.1, 0.15) is 11.6 Å². The fourth-order valence-electron chi connectivity index (χ4n) is 2.35. The Hall–Kier alpha value is -3.60. The minimum atomic E-state index is -0.566. The van der Waals surface area contributed by atoms with E-state index < -0.39 is 17.6 Å². The van der Waals surface area contributed by atoms with Crippen LogP contribution in [0.5, 0.6) is 5.75 Å². The second kappa shape index (κ2) is 9.06. The topological polar surface area (TPSA) is 124 Å². The van der Waals surface area contributed by atoms with Crippen molar-refractivity contribution < 1.29 is 18.7 Å². The van der Waals surface area contributed by atoms with Gasteiger partial charge in [-0.05, 0) is 36.4 Å². The van der Waals surface area contributed by atoms with E-state index in [4.69, 9.17) is 10.6 Å². The van der Waals surface area contributed by atoms with Crippen molar-refractivity contribution in [3.05, 3.63) is 59.9 Å². The second-order valence-electron chi connectivity index (χ2n) is 5.67. The fourth-order valence-corrected chi connectivity index (χ4v) is 3.01. The third-order valence-electron chi connectivity index (χ3n) is 3.77. The fraction of sp³-hybridized carbons (Fsp3) is 0.111. The third kappa shape index (κ3) is 4.82. The van der Waals surface area contributed by atoms with Gasteiger partial charge in [-0.2, -0.15) is 0 Å². The lowest BCUT2D eigenvalue weighted by Gasteiger charge is -2.08. The highest BCUT2D eigenvalue weighted by Crippen LogP contribution is 2.29. The highest BCUT2D eigenvalue weighted by molar-refractivity contribution is 7.99. The van der Waals surface area contributed by atoms with Gasteiger partial charge in [0, 0.05) is 5.56 Å². The molecular formula is C18H17FN6O3S. The Morgan fingerprint density at radius 2 is 1.86 bits per heavy atom. The van der Waals surface area contributed by atoms with E-state index in [0.717, 1.165) is 23.9 Å². The van der Waals surface area contributed by atoms with Gasteiger partial charge in [0.25, 0.3) is 5.91 Å². The van der Waals surface area contributed by atoms with Gasteiger partial charge in [-0.1, -0.05) is 23.9 Å². The Kier molecular flexibility index (Phi) is 6.29. The van der Waals surface area contributed by atoms with Crippen molar-refractivity contribution in [2.45, 2.75) is 5.16 Å². The van der Waals surface area contributed by atoms with E-state index in [0.29, 0.717) is 22.3 Å². The Labute approximate surface area is 169 Å². The Morgan fingerprint density at radius 3 is 2.59 bits per heavy atom. The maximum Gasteiger partial charge on any atom is 0.269 e. The number of hydrogen-bond donors (Lipinski definition) is 3. The molecule has 3 rings (SSSR count). The Bertz CT molecular complexity index is 1020. The first-order chi connectivity index (χ1) is 14.0. The molecule has 4 N–H and O–H groups in total. The molecule has 0 aliphatic carbocycles. The number of carbonyl (C=O) groups excluding carboxylic acids is 2. The number of nitrogen functional groups attached to an aromatic ring is 1. The summed E-state index contributed by atoms with van der Waals surface area (Å²) < 4.78 is 19.4. The van der Waals surface area contributed by atoms with E-state index in [-0.39, 0.29) is 11.3 Å². The summed E-state index contributed by atoms with van der Waals surface area (Å²) in [6, 6.07) is 12.1. The number of amides is 2. The van der Waals surface area contributed by atoms with Gasteiger partial charge in [-0.3, -0.25) is 20.4 Å². The zero-order valence-corrected chi connectivity index (χ0v) is 16.1. The number of hydrazine groups is 1. The van der Waals surface area contributed by atoms with Crippen LogP contribution in [0.2, 0.25) is 0 Å². The number of para-hydroxylation sites is 1. The molecule has 0 bridgehead atoms. The molecule has 0 spiro atoms. The number of methoxy groups -OCH3 is 1. The van der Waals surface area contributed by atoms with Crippen LogP contribution in [-0.2, 0) is 4.79 Å². The summed E-state index contributed by atoms with van der Waals surface area (Å²) in [5, 5.41) is 8.34. The van der Waals surface area contributed by atoms with Crippen molar-refractivity contribution in [1.82, 2.24) is 25.7 Å². The molecule has 2 amide bonds. The number of carbonyl (C=O) groups is 2. The maximum atomic E-state index is 12.9. The van der Waals surface area contributed by atoms with Gasteiger partial charge in [0.15, 0.2) is 5.82 Å². The number of hydrogen-bond acceptors (Lipinski definition) is 7. The molecule has 3 aromatic rings. The zero-order chi connectivity index (χ0) is 20.8. The Balaban J connectivity index is 1.56. The quantitative estimate of drug-likeness (QED) is 0.315. The molecule has 9 nitrogen and oxygen atoms in total. The molecule has 29 heavy (non-hydrogen) atoms. The van der Waals surface area contributed by atoms with E-state index in [1.54, 1.807) is 12.1 Å². The van der Waals surface area contributed by atoms with E-state index in [1.807, 2.05) is 12.1 Å². The molecule has 150 valence electrons. The number of nitrogens with zero attached hydrogens (tertiary/aromatic N) is 3. The second-order valence-corrected chi connectivity index (χ2v) is 6.62. The molecule has 0 saturated heterocycles. The first kappa shape index (κ1) is 20.1. The van der Waals surface area contributed by atoms with Gasteiger partial charge in [0.2, 0.25) is 11.1 Å². The molecule has 1 heterocycles. The maximum absolute atomic E-state index is 12.9. The Morgan fingerprint density at radius 1 is 1.14 bits per heavy atom. The standard InChI is InChI=1S/C18H17FN6O3S/c1-28-14-5-3-2-4-13(14)16-22-24-18(25(16)20)29-10-15(26)21-23-17(27)11-6-8-12(19)9-7-11/h2-9H,10,20H2,1H3,(H,21,26)(H,23,27). The van der Waals surface area contributed by atoms with Gasteiger partial charge in [-0.25, -0.2) is 9.07 Å². The lowest BCUT2D eigenvalue weighted by atomic mass is 10.2. The average molecular weight is 416 g/mol. The number of thioether (sulfide) groups is 1. The summed E-state index contributed by atoms with van der Waals surface area (Å²) >= 11 is 1.04. The van der Waals surface area contributed by atoms with Crippen LogP contribution < -0.4 is 21.4 Å². The largest absolute Gasteiger partial charge is 0.496 e. The van der Waals surface area contributed by atoms with Crippen LogP contribution in [0.3, 0.4) is 0 Å². The average Bonchev–Trinajstić information content (AvgIpc) is 3.11. The number of nitrogens with two attached hydrogens (primary N) is 1. The van der Waals surface area contributed by atoms with Gasteiger partial charge in [-0.15, -0.1) is 10.2 Å². The van der Waals surface area contributed by atoms with Crippen LogP contribution in [0.1, 0.15) is 10.4 Å². The molecule has 1 aromatic heterocycles. The highest BCUT2D eigenvalue weighted by atomic mass is 32.2. The molecule has 0 unspecified atom stereocenters. The summed E-state index contributed by atoms with van der Waals surface area (Å²) in [5.74, 6) is 5.44. The van der Waals surface area contributed by atoms with Crippen molar-refractivity contribution in [3.63, 3.8) is 0 Å². The van der Waals surface area contributed by atoms with Crippen molar-refractivity contribution in [1.29, 1.82) is 0 Å². The van der Waals surface area contributed by atoms with E-state index in [2.05, 4.69) is 21.0 Å². The predicted octanol–water partition coefficient (Wildman–Crippen LogP) is 1.36. The van der Waals surface area contributed by atoms with Gasteiger partial charge >= 0.3 is 0 Å². The number of nitrogens with one attached hydrogen (secondary N) is 2. The molecule has 0 fully saturated rings. The monoisotopic (exact) mass is 416 g/mol. The van der Waals surface area contributed by atoms with Crippen LogP contribution in [0.4, 0.5) is 4.39 Å². The lowest BCUT2D eigenvalue weighted by Crippen LogP contribution is -2.42. The van der Waals surface area contributed by atoms with Crippen molar-refractivity contribution >= 4 is 23.6 Å². The normalized spacial score (nSPS) is 10.4. The van der Waals surface area contributed by atoms with E-state index >= 15 is 0 Å². The van der Waals surface area contributed by atoms with Gasteiger partial charge in [0.05, 0.1) is 18.4 Å². The van der Waals surface area contributed by atoms with E-state index in [1.165, 1.54) is 23.9 Å². The number of ether oxygens (including phenoxy) is 1. The predicted molar refractivity (Wildman–Crippen MR) is 105 cm³/mol. The van der Waals surface area contributed by atoms with E-state index in [9.17, 15) is 14.0 Å². The van der Waals surface area contributed by atoms with Crippen molar-refractivity contribution in [3.8, 4) is 17.1 Å². The number of halogens is 1. The molecule has 0 aliphatic rings. The van der Waals surface area contributed by atoms with Gasteiger partial charge < -0.3 is 10.6 Å². The minimum Gasteiger partial charge on any atom is -0.496 e. The van der Waals surface area contributed by atoms with Crippen LogP contribution in [0.25, 0.3) is 11.4 Å². The zero-order valence-electron chi connectivity index (χ0n) is 15.3. The van der Waals surface area contributed by atoms with Crippen LogP contribution in [0, 0.1) is 5.82 Å². The minimum absolute atomic E-state index is 0.0645. The van der Waals surface area contributed by atoms with Crippen molar-refractivity contribution in [2.75, 3.05) is 18.7 Å². The number of rotatable bonds is 6. The van der Waals surface area contributed by atoms with Crippen LogP contribution in [-0.4, -0.2) is 39.6 Å². The SMILES string of the molecule is COc1ccccc1-c1nnc(SCC(=O)NNC(=O)c2ccc(F)cc2)n1N. The molecule has 2 aromatic carbocycles. The summed E-state index contributed by atoms with van der Waals surface area (Å²) in [4.78, 5) is 23.9. The molecule has 0 saturated carbocycles. The summed E-state index contributed by atoms with van der Waals surface area (Å²) in [7, 11) is 1.54. The number of benzene rings is 2. The van der Waals surface area contributed by atoms with Crippen LogP contribution in [0.15, 0.2) is 53.7 Å². The lowest BCUT2D eigenvalue weighted by molar-refractivity contribution is -0.119. The molecule has 0 radical (unpaired) electrons. The summed E-state index contributed by atoms with van der Waals surface area (Å²) in [6.45, 7) is 0.